The van der Waals surface area contributed by atoms with E-state index in [2.05, 4.69) is 4.98 Å². The normalized spacial score (nSPS) is 21.9. The molecule has 1 aliphatic heterocycles. The third-order valence-electron chi connectivity index (χ3n) is 2.35. The lowest BCUT2D eigenvalue weighted by atomic mass is 10.1. The molecule has 14 heavy (non-hydrogen) atoms. The van der Waals surface area contributed by atoms with E-state index in [9.17, 15) is 4.79 Å². The molecular formula is C9H11ClN2OS. The number of thiazole rings is 1. The summed E-state index contributed by atoms with van der Waals surface area (Å²) in [6, 6.07) is 0. The predicted molar refractivity (Wildman–Crippen MR) is 56.4 cm³/mol. The fourth-order valence-corrected chi connectivity index (χ4v) is 2.38. The molecule has 1 fully saturated rings. The van der Waals surface area contributed by atoms with Gasteiger partial charge in [-0.15, -0.1) is 22.9 Å². The fraction of sp³-hybridized carbons (Fsp3) is 0.556. The van der Waals surface area contributed by atoms with Crippen LogP contribution in [0.25, 0.3) is 0 Å². The number of carbonyl (C=O) groups is 1. The Morgan fingerprint density at radius 1 is 1.71 bits per heavy atom. The van der Waals surface area contributed by atoms with Gasteiger partial charge in [-0.3, -0.25) is 4.79 Å². The second-order valence-electron chi connectivity index (χ2n) is 3.48. The molecule has 1 unspecified atom stereocenters. The molecule has 0 bridgehead atoms. The summed E-state index contributed by atoms with van der Waals surface area (Å²) < 4.78 is 0. The zero-order valence-corrected chi connectivity index (χ0v) is 9.22. The van der Waals surface area contributed by atoms with Crippen LogP contribution < -0.4 is 0 Å². The number of nitrogens with zero attached hydrogens (tertiary/aromatic N) is 2. The molecule has 2 rings (SSSR count). The second-order valence-corrected chi connectivity index (χ2v) is 4.51. The number of rotatable bonds is 3. The summed E-state index contributed by atoms with van der Waals surface area (Å²) in [5.74, 6) is 1.09. The molecule has 1 amide bonds. The van der Waals surface area contributed by atoms with Crippen molar-refractivity contribution in [2.24, 2.45) is 5.92 Å². The van der Waals surface area contributed by atoms with E-state index >= 15 is 0 Å². The maximum Gasteiger partial charge on any atom is 0.223 e. The smallest absolute Gasteiger partial charge is 0.223 e. The Hall–Kier alpha value is -0.610. The van der Waals surface area contributed by atoms with Gasteiger partial charge in [0.05, 0.1) is 17.7 Å². The Morgan fingerprint density at radius 2 is 2.57 bits per heavy atom. The first-order chi connectivity index (χ1) is 6.79. The van der Waals surface area contributed by atoms with E-state index in [4.69, 9.17) is 11.6 Å². The lowest BCUT2D eigenvalue weighted by Crippen LogP contribution is -2.24. The zero-order chi connectivity index (χ0) is 9.97. The average Bonchev–Trinajstić information content (AvgIpc) is 2.78. The maximum atomic E-state index is 11.5. The summed E-state index contributed by atoms with van der Waals surface area (Å²) in [6.45, 7) is 1.41. The average molecular weight is 231 g/mol. The van der Waals surface area contributed by atoms with Crippen LogP contribution in [0.5, 0.6) is 0 Å². The number of aromatic nitrogens is 1. The first-order valence-electron chi connectivity index (χ1n) is 4.50. The summed E-state index contributed by atoms with van der Waals surface area (Å²) >= 11 is 7.28. The molecule has 1 atom stereocenters. The van der Waals surface area contributed by atoms with E-state index in [1.54, 1.807) is 16.8 Å². The van der Waals surface area contributed by atoms with Crippen LogP contribution in [-0.2, 0) is 11.3 Å². The lowest BCUT2D eigenvalue weighted by Gasteiger charge is -2.14. The molecule has 1 aromatic heterocycles. The summed E-state index contributed by atoms with van der Waals surface area (Å²) in [6.07, 6.45) is 0.591. The number of likely N-dealkylation sites (tertiary alicyclic amines) is 1. The van der Waals surface area contributed by atoms with Gasteiger partial charge in [0, 0.05) is 24.2 Å². The summed E-state index contributed by atoms with van der Waals surface area (Å²) in [4.78, 5) is 17.5. The van der Waals surface area contributed by atoms with Gasteiger partial charge in [0.2, 0.25) is 5.91 Å². The van der Waals surface area contributed by atoms with Gasteiger partial charge in [-0.05, 0) is 5.92 Å². The molecule has 1 aliphatic rings. The lowest BCUT2D eigenvalue weighted by molar-refractivity contribution is -0.128. The molecule has 0 saturated carbocycles. The maximum absolute atomic E-state index is 11.5. The van der Waals surface area contributed by atoms with Crippen LogP contribution >= 0.6 is 22.9 Å². The van der Waals surface area contributed by atoms with Crippen LogP contribution in [0.1, 0.15) is 12.1 Å². The summed E-state index contributed by atoms with van der Waals surface area (Å²) in [7, 11) is 0. The van der Waals surface area contributed by atoms with Crippen molar-refractivity contribution >= 4 is 28.8 Å². The molecule has 0 spiro atoms. The number of hydrogen-bond donors (Lipinski definition) is 0. The van der Waals surface area contributed by atoms with Gasteiger partial charge >= 0.3 is 0 Å². The van der Waals surface area contributed by atoms with Gasteiger partial charge in [0.25, 0.3) is 0 Å². The number of carbonyl (C=O) groups excluding carboxylic acids is 1. The highest BCUT2D eigenvalue weighted by molar-refractivity contribution is 7.07. The van der Waals surface area contributed by atoms with Crippen molar-refractivity contribution in [2.75, 3.05) is 12.4 Å². The van der Waals surface area contributed by atoms with Gasteiger partial charge in [-0.25, -0.2) is 4.98 Å². The van der Waals surface area contributed by atoms with Crippen molar-refractivity contribution in [3.8, 4) is 0 Å². The number of alkyl halides is 1. The SMILES string of the molecule is O=C1CC(CCl)CN1Cc1cscn1. The van der Waals surface area contributed by atoms with Gasteiger partial charge < -0.3 is 4.90 Å². The molecule has 0 aromatic carbocycles. The number of halogens is 1. The third kappa shape index (κ3) is 2.07. The summed E-state index contributed by atoms with van der Waals surface area (Å²) in [5.41, 5.74) is 2.76. The van der Waals surface area contributed by atoms with Crippen LogP contribution in [-0.4, -0.2) is 28.2 Å². The van der Waals surface area contributed by atoms with Crippen LogP contribution in [0.4, 0.5) is 0 Å². The molecule has 76 valence electrons. The molecule has 2 heterocycles. The van der Waals surface area contributed by atoms with Gasteiger partial charge in [0.1, 0.15) is 0 Å². The minimum absolute atomic E-state index is 0.198. The second kappa shape index (κ2) is 4.28. The van der Waals surface area contributed by atoms with Crippen molar-refractivity contribution in [1.29, 1.82) is 0 Å². The van der Waals surface area contributed by atoms with Gasteiger partial charge in [-0.1, -0.05) is 0 Å². The highest BCUT2D eigenvalue weighted by Gasteiger charge is 2.28. The van der Waals surface area contributed by atoms with E-state index < -0.39 is 0 Å². The molecule has 0 aliphatic carbocycles. The Balaban J connectivity index is 1.96. The van der Waals surface area contributed by atoms with E-state index in [1.807, 2.05) is 10.3 Å². The third-order valence-corrected chi connectivity index (χ3v) is 3.42. The first-order valence-corrected chi connectivity index (χ1v) is 5.98. The zero-order valence-electron chi connectivity index (χ0n) is 7.65. The predicted octanol–water partition coefficient (Wildman–Crippen LogP) is 1.73. The number of hydrogen-bond acceptors (Lipinski definition) is 3. The van der Waals surface area contributed by atoms with Crippen molar-refractivity contribution in [1.82, 2.24) is 9.88 Å². The molecule has 0 radical (unpaired) electrons. The van der Waals surface area contributed by atoms with Crippen molar-refractivity contribution in [2.45, 2.75) is 13.0 Å². The monoisotopic (exact) mass is 230 g/mol. The highest BCUT2D eigenvalue weighted by atomic mass is 35.5. The summed E-state index contributed by atoms with van der Waals surface area (Å²) in [5, 5.41) is 1.97. The van der Waals surface area contributed by atoms with Crippen molar-refractivity contribution in [3.63, 3.8) is 0 Å². The van der Waals surface area contributed by atoms with E-state index in [-0.39, 0.29) is 5.91 Å². The Morgan fingerprint density at radius 3 is 3.14 bits per heavy atom. The molecule has 3 nitrogen and oxygen atoms in total. The molecule has 5 heteroatoms. The minimum Gasteiger partial charge on any atom is -0.336 e. The van der Waals surface area contributed by atoms with Crippen LogP contribution in [0.3, 0.4) is 0 Å². The Bertz CT molecular complexity index is 315. The van der Waals surface area contributed by atoms with Crippen molar-refractivity contribution in [3.05, 3.63) is 16.6 Å². The fourth-order valence-electron chi connectivity index (χ4n) is 1.62. The van der Waals surface area contributed by atoms with Gasteiger partial charge in [-0.2, -0.15) is 0 Å². The Kier molecular flexibility index (Phi) is 3.03. The van der Waals surface area contributed by atoms with Gasteiger partial charge in [0.15, 0.2) is 0 Å². The molecule has 0 N–H and O–H groups in total. The topological polar surface area (TPSA) is 33.2 Å². The largest absolute Gasteiger partial charge is 0.336 e. The first kappa shape index (κ1) is 9.93. The van der Waals surface area contributed by atoms with Crippen LogP contribution in [0.15, 0.2) is 10.9 Å². The number of amides is 1. The Labute approximate surface area is 91.7 Å². The molecule has 1 aromatic rings. The highest BCUT2D eigenvalue weighted by Crippen LogP contribution is 2.20. The van der Waals surface area contributed by atoms with Crippen LogP contribution in [0, 0.1) is 5.92 Å². The van der Waals surface area contributed by atoms with E-state index in [0.29, 0.717) is 24.8 Å². The van der Waals surface area contributed by atoms with E-state index in [0.717, 1.165) is 12.2 Å². The molecular weight excluding hydrogens is 220 g/mol. The minimum atomic E-state index is 0.198. The standard InChI is InChI=1S/C9H11ClN2OS/c10-2-7-1-9(13)12(3-7)4-8-5-14-6-11-8/h5-7H,1-4H2. The van der Waals surface area contributed by atoms with E-state index in [1.165, 1.54) is 0 Å². The van der Waals surface area contributed by atoms with Crippen molar-refractivity contribution < 1.29 is 4.79 Å². The quantitative estimate of drug-likeness (QED) is 0.741. The van der Waals surface area contributed by atoms with Crippen LogP contribution in [0.2, 0.25) is 0 Å². The molecule has 1 saturated heterocycles.